The molecule has 0 radical (unpaired) electrons. The third-order valence-electron chi connectivity index (χ3n) is 3.48. The second-order valence-corrected chi connectivity index (χ2v) is 6.16. The number of fused-ring (bicyclic) bond motifs is 2. The van der Waals surface area contributed by atoms with Crippen molar-refractivity contribution < 1.29 is 0 Å². The molecule has 1 unspecified atom stereocenters. The summed E-state index contributed by atoms with van der Waals surface area (Å²) in [6, 6.07) is 8.40. The van der Waals surface area contributed by atoms with Crippen LogP contribution in [-0.2, 0) is 13.0 Å². The average molecular weight is 284 g/mol. The summed E-state index contributed by atoms with van der Waals surface area (Å²) < 4.78 is 3.07. The molecule has 0 saturated heterocycles. The van der Waals surface area contributed by atoms with E-state index in [9.17, 15) is 4.79 Å². The quantitative estimate of drug-likeness (QED) is 0.717. The van der Waals surface area contributed by atoms with Gasteiger partial charge in [-0.05, 0) is 18.1 Å². The maximum absolute atomic E-state index is 12.2. The largest absolute Gasteiger partial charge is 0.350 e. The third kappa shape index (κ3) is 1.84. The molecule has 1 aromatic carbocycles. The van der Waals surface area contributed by atoms with Crippen LogP contribution in [0, 0.1) is 0 Å². The maximum atomic E-state index is 12.2. The Morgan fingerprint density at radius 1 is 1.35 bits per heavy atom. The number of hydrogen-bond acceptors (Lipinski definition) is 4. The minimum atomic E-state index is -0.0982. The number of rotatable bonds is 2. The van der Waals surface area contributed by atoms with Gasteiger partial charge in [-0.3, -0.25) is 4.98 Å². The molecule has 3 heterocycles. The van der Waals surface area contributed by atoms with Crippen LogP contribution in [0.3, 0.4) is 0 Å². The van der Waals surface area contributed by atoms with Gasteiger partial charge in [-0.25, -0.2) is 13.9 Å². The zero-order valence-electron chi connectivity index (χ0n) is 10.6. The van der Waals surface area contributed by atoms with E-state index in [4.69, 9.17) is 0 Å². The van der Waals surface area contributed by atoms with Crippen LogP contribution in [0.15, 0.2) is 52.5 Å². The summed E-state index contributed by atoms with van der Waals surface area (Å²) in [5.41, 5.74) is 1.86. The second-order valence-electron chi connectivity index (χ2n) is 4.82. The van der Waals surface area contributed by atoms with Crippen LogP contribution in [0.1, 0.15) is 5.56 Å². The van der Waals surface area contributed by atoms with Gasteiger partial charge in [-0.1, -0.05) is 18.2 Å². The van der Waals surface area contributed by atoms with E-state index in [-0.39, 0.29) is 5.69 Å². The molecule has 6 heteroatoms. The summed E-state index contributed by atoms with van der Waals surface area (Å²) in [5.74, 6) is 0. The highest BCUT2D eigenvalue weighted by atomic mass is 32.2. The van der Waals surface area contributed by atoms with Gasteiger partial charge in [0.2, 0.25) is 0 Å². The van der Waals surface area contributed by atoms with Crippen molar-refractivity contribution >= 4 is 17.4 Å². The Morgan fingerprint density at radius 2 is 2.25 bits per heavy atom. The number of hydrogen-bond donors (Lipinski definition) is 0. The van der Waals surface area contributed by atoms with E-state index >= 15 is 0 Å². The van der Waals surface area contributed by atoms with Crippen LogP contribution in [0.2, 0.25) is 0 Å². The fraction of sp³-hybridized carbons (Fsp3) is 0.214. The Hall–Kier alpha value is -2.08. The molecule has 4 rings (SSSR count). The highest BCUT2D eigenvalue weighted by Crippen LogP contribution is 2.37. The Labute approximate surface area is 119 Å². The van der Waals surface area contributed by atoms with Crippen LogP contribution in [0.4, 0.5) is 0 Å². The van der Waals surface area contributed by atoms with Gasteiger partial charge < -0.3 is 0 Å². The van der Waals surface area contributed by atoms with Gasteiger partial charge >= 0.3 is 5.69 Å². The van der Waals surface area contributed by atoms with Crippen molar-refractivity contribution in [1.29, 1.82) is 0 Å². The molecule has 0 N–H and O–H groups in total. The molecular formula is C14H12N4OS. The number of aromatic nitrogens is 4. The summed E-state index contributed by atoms with van der Waals surface area (Å²) in [6.07, 6.45) is 5.84. The number of nitrogens with zero attached hydrogens (tertiary/aromatic N) is 4. The highest BCUT2D eigenvalue weighted by Gasteiger charge is 2.23. The third-order valence-corrected chi connectivity index (χ3v) is 4.78. The molecule has 100 valence electrons. The lowest BCUT2D eigenvalue weighted by Crippen LogP contribution is -2.25. The van der Waals surface area contributed by atoms with E-state index in [0.29, 0.717) is 17.4 Å². The van der Waals surface area contributed by atoms with E-state index in [1.165, 1.54) is 14.9 Å². The molecule has 0 bridgehead atoms. The molecule has 1 aliphatic rings. The summed E-state index contributed by atoms with van der Waals surface area (Å²) in [4.78, 5) is 17.5. The van der Waals surface area contributed by atoms with Gasteiger partial charge in [0.1, 0.15) is 0 Å². The van der Waals surface area contributed by atoms with Crippen LogP contribution < -0.4 is 5.69 Å². The molecule has 0 spiro atoms. The summed E-state index contributed by atoms with van der Waals surface area (Å²) in [7, 11) is 0. The first-order valence-electron chi connectivity index (χ1n) is 6.45. The molecule has 1 aliphatic heterocycles. The monoisotopic (exact) mass is 284 g/mol. The maximum Gasteiger partial charge on any atom is 0.350 e. The van der Waals surface area contributed by atoms with Gasteiger partial charge in [-0.2, -0.15) is 0 Å². The molecule has 3 aromatic rings. The Kier molecular flexibility index (Phi) is 2.63. The standard InChI is InChI=1S/C14H12N4OS/c19-14-17-6-5-15-8-13(17)16-18(14)9-11-7-10-3-1-2-4-12(10)20-11/h1-6,8,11H,7,9H2. The minimum Gasteiger partial charge on any atom is -0.259 e. The molecule has 2 aromatic heterocycles. The van der Waals surface area contributed by atoms with Gasteiger partial charge in [0, 0.05) is 22.5 Å². The average Bonchev–Trinajstić information content (AvgIpc) is 3.01. The van der Waals surface area contributed by atoms with E-state index in [1.54, 1.807) is 23.3 Å². The van der Waals surface area contributed by atoms with E-state index in [0.717, 1.165) is 6.42 Å². The van der Waals surface area contributed by atoms with Crippen molar-refractivity contribution in [2.24, 2.45) is 0 Å². The first-order valence-corrected chi connectivity index (χ1v) is 7.33. The molecule has 20 heavy (non-hydrogen) atoms. The normalized spacial score (nSPS) is 17.5. The van der Waals surface area contributed by atoms with Crippen molar-refractivity contribution in [3.05, 3.63) is 58.9 Å². The number of benzene rings is 1. The van der Waals surface area contributed by atoms with Crippen LogP contribution in [0.25, 0.3) is 5.65 Å². The summed E-state index contributed by atoms with van der Waals surface area (Å²) in [5, 5.41) is 4.69. The minimum absolute atomic E-state index is 0.0982. The smallest absolute Gasteiger partial charge is 0.259 e. The second kappa shape index (κ2) is 4.49. The van der Waals surface area contributed by atoms with Gasteiger partial charge in [0.25, 0.3) is 0 Å². The Morgan fingerprint density at radius 3 is 3.10 bits per heavy atom. The first kappa shape index (κ1) is 11.7. The summed E-state index contributed by atoms with van der Waals surface area (Å²) >= 11 is 1.83. The SMILES string of the molecule is O=c1n(CC2Cc3ccccc3S2)nc2cnccn12. The molecule has 0 saturated carbocycles. The zero-order chi connectivity index (χ0) is 13.5. The summed E-state index contributed by atoms with van der Waals surface area (Å²) in [6.45, 7) is 0.625. The van der Waals surface area contributed by atoms with Gasteiger partial charge in [-0.15, -0.1) is 16.9 Å². The topological polar surface area (TPSA) is 52.2 Å². The fourth-order valence-corrected chi connectivity index (χ4v) is 3.85. The Bertz CT molecular complexity index is 813. The predicted octanol–water partition coefficient (Wildman–Crippen LogP) is 1.61. The molecule has 0 amide bonds. The fourth-order valence-electron chi connectivity index (χ4n) is 2.55. The van der Waals surface area contributed by atoms with Crippen LogP contribution in [-0.4, -0.2) is 24.4 Å². The number of thioether (sulfide) groups is 1. The lowest BCUT2D eigenvalue weighted by atomic mass is 10.1. The van der Waals surface area contributed by atoms with Crippen LogP contribution in [0.5, 0.6) is 0 Å². The molecular weight excluding hydrogens is 272 g/mol. The lowest BCUT2D eigenvalue weighted by molar-refractivity contribution is 0.575. The van der Waals surface area contributed by atoms with E-state index < -0.39 is 0 Å². The van der Waals surface area contributed by atoms with E-state index in [1.807, 2.05) is 11.8 Å². The highest BCUT2D eigenvalue weighted by molar-refractivity contribution is 8.00. The predicted molar refractivity (Wildman–Crippen MR) is 77.0 cm³/mol. The molecule has 1 atom stereocenters. The van der Waals surface area contributed by atoms with E-state index in [2.05, 4.69) is 34.3 Å². The van der Waals surface area contributed by atoms with Crippen molar-refractivity contribution in [3.8, 4) is 0 Å². The molecule has 0 fully saturated rings. The molecule has 5 nitrogen and oxygen atoms in total. The van der Waals surface area contributed by atoms with Crippen molar-refractivity contribution in [2.45, 2.75) is 23.1 Å². The zero-order valence-corrected chi connectivity index (χ0v) is 11.5. The first-order chi connectivity index (χ1) is 9.81. The van der Waals surface area contributed by atoms with Crippen molar-refractivity contribution in [3.63, 3.8) is 0 Å². The van der Waals surface area contributed by atoms with Crippen molar-refractivity contribution in [1.82, 2.24) is 19.2 Å². The molecule has 0 aliphatic carbocycles. The van der Waals surface area contributed by atoms with Crippen LogP contribution >= 0.6 is 11.8 Å². The van der Waals surface area contributed by atoms with Crippen molar-refractivity contribution in [2.75, 3.05) is 0 Å². The lowest BCUT2D eigenvalue weighted by Gasteiger charge is -2.06. The van der Waals surface area contributed by atoms with Gasteiger partial charge in [0.15, 0.2) is 5.65 Å². The Balaban J connectivity index is 1.64. The van der Waals surface area contributed by atoms with Gasteiger partial charge in [0.05, 0.1) is 12.7 Å².